The van der Waals surface area contributed by atoms with E-state index in [4.69, 9.17) is 15.3 Å². The molecule has 0 saturated carbocycles. The summed E-state index contributed by atoms with van der Waals surface area (Å²) in [6.07, 6.45) is 2.64. The van der Waals surface area contributed by atoms with Crippen molar-refractivity contribution in [2.24, 2.45) is 5.84 Å². The number of nitrogens with zero attached hydrogens (tertiary/aromatic N) is 1. The lowest BCUT2D eigenvalue weighted by molar-refractivity contribution is 0.131. The zero-order valence-corrected chi connectivity index (χ0v) is 12.2. The number of fused-ring (bicyclic) bond motifs is 1. The van der Waals surface area contributed by atoms with E-state index in [0.717, 1.165) is 23.5 Å². The molecule has 1 aromatic carbocycles. The minimum absolute atomic E-state index is 0.169. The van der Waals surface area contributed by atoms with E-state index in [9.17, 15) is 0 Å². The summed E-state index contributed by atoms with van der Waals surface area (Å²) in [6.45, 7) is 4.61. The van der Waals surface area contributed by atoms with Crippen LogP contribution in [0, 0.1) is 0 Å². The molecule has 0 atom stereocenters. The molecule has 110 valence electrons. The van der Waals surface area contributed by atoms with Gasteiger partial charge in [-0.25, -0.2) is 10.8 Å². The number of nitrogen functional groups attached to an aromatic ring is 1. The number of nitrogens with one attached hydrogen (secondary N) is 1. The van der Waals surface area contributed by atoms with Crippen LogP contribution in [0.25, 0.3) is 0 Å². The minimum atomic E-state index is -0.169. The van der Waals surface area contributed by atoms with E-state index < -0.39 is 0 Å². The highest BCUT2D eigenvalue weighted by Gasteiger charge is 2.32. The van der Waals surface area contributed by atoms with E-state index in [1.807, 2.05) is 24.3 Å². The predicted molar refractivity (Wildman–Crippen MR) is 81.2 cm³/mol. The highest BCUT2D eigenvalue weighted by Crippen LogP contribution is 2.41. The largest absolute Gasteiger partial charge is 0.485 e. The maximum atomic E-state index is 5.98. The van der Waals surface area contributed by atoms with Crippen LogP contribution < -0.4 is 20.7 Å². The number of hydrazine groups is 1. The Hall–Kier alpha value is -2.27. The van der Waals surface area contributed by atoms with Gasteiger partial charge in [-0.05, 0) is 26.0 Å². The summed E-state index contributed by atoms with van der Waals surface area (Å²) in [4.78, 5) is 4.16. The number of nitrogens with two attached hydrogens (primary N) is 1. The van der Waals surface area contributed by atoms with E-state index in [1.165, 1.54) is 5.56 Å². The first-order chi connectivity index (χ1) is 10.1. The Bertz CT molecular complexity index is 638. The summed E-state index contributed by atoms with van der Waals surface area (Å²) in [5.41, 5.74) is 4.50. The van der Waals surface area contributed by atoms with Gasteiger partial charge in [-0.15, -0.1) is 0 Å². The molecule has 5 heteroatoms. The van der Waals surface area contributed by atoms with Gasteiger partial charge in [-0.1, -0.05) is 18.2 Å². The van der Waals surface area contributed by atoms with Crippen LogP contribution in [0.1, 0.15) is 25.0 Å². The number of benzene rings is 1. The summed E-state index contributed by atoms with van der Waals surface area (Å²) >= 11 is 0. The first kappa shape index (κ1) is 13.7. The molecule has 0 radical (unpaired) electrons. The first-order valence-corrected chi connectivity index (χ1v) is 6.93. The van der Waals surface area contributed by atoms with Crippen molar-refractivity contribution in [1.29, 1.82) is 0 Å². The SMILES string of the molecule is CC1(C)Cc2cccc(OCc3ccc(NN)nc3)c2O1. The number of rotatable bonds is 4. The highest BCUT2D eigenvalue weighted by molar-refractivity contribution is 5.50. The van der Waals surface area contributed by atoms with Crippen molar-refractivity contribution in [3.8, 4) is 11.5 Å². The van der Waals surface area contributed by atoms with E-state index in [-0.39, 0.29) is 5.60 Å². The third kappa shape index (κ3) is 2.92. The maximum absolute atomic E-state index is 5.98. The molecule has 2 heterocycles. The molecule has 3 N–H and O–H groups in total. The molecule has 0 amide bonds. The van der Waals surface area contributed by atoms with Gasteiger partial charge in [0.1, 0.15) is 18.0 Å². The average Bonchev–Trinajstić information content (AvgIpc) is 2.80. The van der Waals surface area contributed by atoms with Gasteiger partial charge in [-0.2, -0.15) is 0 Å². The Kier molecular flexibility index (Phi) is 3.43. The Morgan fingerprint density at radius 2 is 2.19 bits per heavy atom. The van der Waals surface area contributed by atoms with Crippen LogP contribution in [0.4, 0.5) is 5.82 Å². The Balaban J connectivity index is 1.73. The third-order valence-electron chi connectivity index (χ3n) is 3.42. The molecule has 0 fully saturated rings. The van der Waals surface area contributed by atoms with Crippen LogP contribution in [-0.4, -0.2) is 10.6 Å². The second-order valence-corrected chi connectivity index (χ2v) is 5.77. The zero-order valence-electron chi connectivity index (χ0n) is 12.2. The monoisotopic (exact) mass is 285 g/mol. The van der Waals surface area contributed by atoms with Crippen LogP contribution in [0.3, 0.4) is 0 Å². The first-order valence-electron chi connectivity index (χ1n) is 6.93. The number of aromatic nitrogens is 1. The normalized spacial score (nSPS) is 15.2. The van der Waals surface area contributed by atoms with Crippen molar-refractivity contribution in [3.63, 3.8) is 0 Å². The van der Waals surface area contributed by atoms with Gasteiger partial charge >= 0.3 is 0 Å². The zero-order chi connectivity index (χ0) is 14.9. The van der Waals surface area contributed by atoms with Crippen LogP contribution in [0.5, 0.6) is 11.5 Å². The molecule has 1 aliphatic rings. The molecule has 2 aromatic rings. The summed E-state index contributed by atoms with van der Waals surface area (Å²) in [6, 6.07) is 9.76. The van der Waals surface area contributed by atoms with Gasteiger partial charge in [0, 0.05) is 23.7 Å². The fraction of sp³-hybridized carbons (Fsp3) is 0.312. The number of hydrogen-bond acceptors (Lipinski definition) is 5. The predicted octanol–water partition coefficient (Wildman–Crippen LogP) is 2.66. The molecular weight excluding hydrogens is 266 g/mol. The lowest BCUT2D eigenvalue weighted by Crippen LogP contribution is -2.24. The number of ether oxygens (including phenoxy) is 2. The van der Waals surface area contributed by atoms with Gasteiger partial charge in [0.25, 0.3) is 0 Å². The molecule has 5 nitrogen and oxygen atoms in total. The van der Waals surface area contributed by atoms with Gasteiger partial charge in [0.15, 0.2) is 11.5 Å². The summed E-state index contributed by atoms with van der Waals surface area (Å²) < 4.78 is 11.9. The fourth-order valence-electron chi connectivity index (χ4n) is 2.46. The number of para-hydroxylation sites is 1. The van der Waals surface area contributed by atoms with Gasteiger partial charge in [0.05, 0.1) is 0 Å². The van der Waals surface area contributed by atoms with Crippen LogP contribution in [0.15, 0.2) is 36.5 Å². The number of hydrogen-bond donors (Lipinski definition) is 2. The number of anilines is 1. The lowest BCUT2D eigenvalue weighted by atomic mass is 10.0. The standard InChI is InChI=1S/C16H19N3O2/c1-16(2)8-12-4-3-5-13(15(12)21-16)20-10-11-6-7-14(19-17)18-9-11/h3-7,9H,8,10,17H2,1-2H3,(H,18,19). The smallest absolute Gasteiger partial charge is 0.165 e. The molecule has 1 aliphatic heterocycles. The Labute approximate surface area is 124 Å². The quantitative estimate of drug-likeness (QED) is 0.667. The molecular formula is C16H19N3O2. The summed E-state index contributed by atoms with van der Waals surface area (Å²) in [7, 11) is 0. The molecule has 21 heavy (non-hydrogen) atoms. The summed E-state index contributed by atoms with van der Waals surface area (Å²) in [5.74, 6) is 7.55. The van der Waals surface area contributed by atoms with Crippen LogP contribution >= 0.6 is 0 Å². The minimum Gasteiger partial charge on any atom is -0.485 e. The van der Waals surface area contributed by atoms with Crippen molar-refractivity contribution in [3.05, 3.63) is 47.7 Å². The van der Waals surface area contributed by atoms with Gasteiger partial charge < -0.3 is 14.9 Å². The molecule has 0 saturated heterocycles. The summed E-state index contributed by atoms with van der Waals surface area (Å²) in [5, 5.41) is 0. The second-order valence-electron chi connectivity index (χ2n) is 5.77. The van der Waals surface area contributed by atoms with Crippen molar-refractivity contribution in [2.75, 3.05) is 5.43 Å². The van der Waals surface area contributed by atoms with Crippen molar-refractivity contribution >= 4 is 5.82 Å². The molecule has 3 rings (SSSR count). The molecule has 0 aliphatic carbocycles. The van der Waals surface area contributed by atoms with Gasteiger partial charge in [-0.3, -0.25) is 0 Å². The third-order valence-corrected chi connectivity index (χ3v) is 3.42. The second kappa shape index (κ2) is 5.26. The Morgan fingerprint density at radius 1 is 1.33 bits per heavy atom. The van der Waals surface area contributed by atoms with Crippen LogP contribution in [-0.2, 0) is 13.0 Å². The fourth-order valence-corrected chi connectivity index (χ4v) is 2.46. The van der Waals surface area contributed by atoms with Crippen molar-refractivity contribution in [1.82, 2.24) is 4.98 Å². The van der Waals surface area contributed by atoms with E-state index in [1.54, 1.807) is 6.20 Å². The van der Waals surface area contributed by atoms with E-state index in [0.29, 0.717) is 12.4 Å². The Morgan fingerprint density at radius 3 is 2.90 bits per heavy atom. The van der Waals surface area contributed by atoms with Gasteiger partial charge in [0.2, 0.25) is 0 Å². The van der Waals surface area contributed by atoms with Crippen molar-refractivity contribution in [2.45, 2.75) is 32.5 Å². The van der Waals surface area contributed by atoms with E-state index in [2.05, 4.69) is 30.3 Å². The maximum Gasteiger partial charge on any atom is 0.165 e. The molecule has 0 unspecified atom stereocenters. The number of pyridine rings is 1. The average molecular weight is 285 g/mol. The lowest BCUT2D eigenvalue weighted by Gasteiger charge is -2.18. The van der Waals surface area contributed by atoms with Crippen molar-refractivity contribution < 1.29 is 9.47 Å². The highest BCUT2D eigenvalue weighted by atomic mass is 16.5. The van der Waals surface area contributed by atoms with E-state index >= 15 is 0 Å². The molecule has 1 aromatic heterocycles. The topological polar surface area (TPSA) is 69.4 Å². The molecule has 0 spiro atoms. The van der Waals surface area contributed by atoms with Crippen LogP contribution in [0.2, 0.25) is 0 Å². The molecule has 0 bridgehead atoms.